The van der Waals surface area contributed by atoms with Crippen LogP contribution in [0.25, 0.3) is 0 Å². The molecule has 0 radical (unpaired) electrons. The monoisotopic (exact) mass is 180 g/mol. The normalized spacial score (nSPS) is 27.5. The lowest BCUT2D eigenvalue weighted by Crippen LogP contribution is -2.27. The molecule has 0 saturated carbocycles. The van der Waals surface area contributed by atoms with Crippen molar-refractivity contribution in [2.45, 2.75) is 6.92 Å². The first-order valence-electron chi connectivity index (χ1n) is 3.94. The molecule has 4 nitrogen and oxygen atoms in total. The van der Waals surface area contributed by atoms with Crippen LogP contribution in [0, 0.1) is 11.8 Å². The number of hydrogen-bond acceptors (Lipinski definition) is 3. The van der Waals surface area contributed by atoms with E-state index >= 15 is 0 Å². The Hall–Kier alpha value is -1.58. The van der Waals surface area contributed by atoms with Crippen LogP contribution in [0.3, 0.4) is 0 Å². The number of carbonyl (C=O) groups is 1. The van der Waals surface area contributed by atoms with Crippen molar-refractivity contribution in [3.8, 4) is 0 Å². The van der Waals surface area contributed by atoms with Crippen LogP contribution in [-0.4, -0.2) is 17.8 Å². The van der Waals surface area contributed by atoms with Crippen LogP contribution in [0.15, 0.2) is 28.5 Å². The van der Waals surface area contributed by atoms with Gasteiger partial charge in [0, 0.05) is 11.6 Å². The highest BCUT2D eigenvalue weighted by Crippen LogP contribution is 2.26. The van der Waals surface area contributed by atoms with Gasteiger partial charge in [-0.3, -0.25) is 9.79 Å². The van der Waals surface area contributed by atoms with Gasteiger partial charge in [0.1, 0.15) is 0 Å². The van der Waals surface area contributed by atoms with Gasteiger partial charge in [0.25, 0.3) is 0 Å². The standard InChI is InChI=1S/C9H12N2O2/c1-5-7(9(12)13)3-6(11-2)4-8(5)10/h3-5,7H,2,10H2,1H3,(H,12,13). The minimum atomic E-state index is -0.885. The van der Waals surface area contributed by atoms with Gasteiger partial charge in [-0.05, 0) is 18.9 Å². The number of aliphatic imine (C=N–C) groups is 1. The maximum Gasteiger partial charge on any atom is 0.311 e. The van der Waals surface area contributed by atoms with Crippen LogP contribution in [-0.2, 0) is 4.79 Å². The van der Waals surface area contributed by atoms with Gasteiger partial charge in [-0.15, -0.1) is 0 Å². The molecule has 0 heterocycles. The Labute approximate surface area is 76.5 Å². The van der Waals surface area contributed by atoms with Crippen molar-refractivity contribution < 1.29 is 9.90 Å². The van der Waals surface area contributed by atoms with E-state index in [0.29, 0.717) is 11.4 Å². The second-order valence-electron chi connectivity index (χ2n) is 3.05. The molecular weight excluding hydrogens is 168 g/mol. The summed E-state index contributed by atoms with van der Waals surface area (Å²) >= 11 is 0. The van der Waals surface area contributed by atoms with Crippen molar-refractivity contribution in [1.82, 2.24) is 0 Å². The molecule has 0 aromatic carbocycles. The predicted molar refractivity (Wildman–Crippen MR) is 50.2 cm³/mol. The van der Waals surface area contributed by atoms with Crippen LogP contribution in [0.5, 0.6) is 0 Å². The van der Waals surface area contributed by atoms with E-state index in [-0.39, 0.29) is 5.92 Å². The lowest BCUT2D eigenvalue weighted by Gasteiger charge is -2.21. The van der Waals surface area contributed by atoms with E-state index in [2.05, 4.69) is 11.7 Å². The molecule has 2 unspecified atom stereocenters. The fourth-order valence-corrected chi connectivity index (χ4v) is 1.27. The summed E-state index contributed by atoms with van der Waals surface area (Å²) in [6, 6.07) is 0. The van der Waals surface area contributed by atoms with E-state index < -0.39 is 11.9 Å². The van der Waals surface area contributed by atoms with Crippen LogP contribution in [0.4, 0.5) is 0 Å². The van der Waals surface area contributed by atoms with Crippen LogP contribution >= 0.6 is 0 Å². The molecule has 13 heavy (non-hydrogen) atoms. The number of carboxylic acid groups (broad SMARTS) is 1. The second kappa shape index (κ2) is 3.43. The third-order valence-corrected chi connectivity index (χ3v) is 2.20. The Kier molecular flexibility index (Phi) is 2.51. The van der Waals surface area contributed by atoms with Gasteiger partial charge in [-0.2, -0.15) is 0 Å². The molecule has 0 aromatic rings. The SMILES string of the molecule is C=NC1=CC(C(=O)O)C(C)C(N)=C1. The van der Waals surface area contributed by atoms with Gasteiger partial charge < -0.3 is 10.8 Å². The highest BCUT2D eigenvalue weighted by molar-refractivity contribution is 5.74. The topological polar surface area (TPSA) is 75.7 Å². The van der Waals surface area contributed by atoms with Crippen LogP contribution < -0.4 is 5.73 Å². The van der Waals surface area contributed by atoms with Gasteiger partial charge in [0.15, 0.2) is 0 Å². The van der Waals surface area contributed by atoms with E-state index in [1.807, 2.05) is 0 Å². The van der Waals surface area contributed by atoms with Crippen molar-refractivity contribution >= 4 is 12.7 Å². The lowest BCUT2D eigenvalue weighted by atomic mass is 9.86. The Morgan fingerprint density at radius 3 is 2.85 bits per heavy atom. The maximum absolute atomic E-state index is 10.8. The Bertz CT molecular complexity index is 305. The average molecular weight is 180 g/mol. The fourth-order valence-electron chi connectivity index (χ4n) is 1.27. The molecule has 3 N–H and O–H groups in total. The fraction of sp³-hybridized carbons (Fsp3) is 0.333. The number of hydrogen-bond donors (Lipinski definition) is 2. The summed E-state index contributed by atoms with van der Waals surface area (Å²) < 4.78 is 0. The van der Waals surface area contributed by atoms with E-state index in [4.69, 9.17) is 10.8 Å². The highest BCUT2D eigenvalue weighted by Gasteiger charge is 2.27. The zero-order valence-corrected chi connectivity index (χ0v) is 7.40. The average Bonchev–Trinajstić information content (AvgIpc) is 2.09. The maximum atomic E-state index is 10.8. The largest absolute Gasteiger partial charge is 0.481 e. The predicted octanol–water partition coefficient (Wildman–Crippen LogP) is 0.764. The van der Waals surface area contributed by atoms with E-state index in [9.17, 15) is 4.79 Å². The van der Waals surface area contributed by atoms with Crippen molar-refractivity contribution in [3.05, 3.63) is 23.5 Å². The number of aliphatic carboxylic acids is 1. The van der Waals surface area contributed by atoms with Crippen molar-refractivity contribution in [2.24, 2.45) is 22.6 Å². The van der Waals surface area contributed by atoms with Gasteiger partial charge in [0.2, 0.25) is 0 Å². The molecule has 0 aliphatic heterocycles. The quantitative estimate of drug-likeness (QED) is 0.616. The highest BCUT2D eigenvalue weighted by atomic mass is 16.4. The molecule has 1 rings (SSSR count). The second-order valence-corrected chi connectivity index (χ2v) is 3.05. The van der Waals surface area contributed by atoms with Gasteiger partial charge >= 0.3 is 5.97 Å². The summed E-state index contributed by atoms with van der Waals surface area (Å²) in [7, 11) is 0. The molecule has 1 aliphatic carbocycles. The van der Waals surface area contributed by atoms with Crippen molar-refractivity contribution in [2.75, 3.05) is 0 Å². The zero-order chi connectivity index (χ0) is 10.0. The van der Waals surface area contributed by atoms with Crippen LogP contribution in [0.2, 0.25) is 0 Å². The van der Waals surface area contributed by atoms with E-state index in [1.165, 1.54) is 0 Å². The minimum absolute atomic E-state index is 0.178. The summed E-state index contributed by atoms with van der Waals surface area (Å²) in [5.41, 5.74) is 6.71. The molecule has 0 fully saturated rings. The minimum Gasteiger partial charge on any atom is -0.481 e. The number of nitrogens with zero attached hydrogens (tertiary/aromatic N) is 1. The molecule has 0 aromatic heterocycles. The lowest BCUT2D eigenvalue weighted by molar-refractivity contribution is -0.141. The molecule has 0 amide bonds. The summed E-state index contributed by atoms with van der Waals surface area (Å²) in [6.07, 6.45) is 3.22. The van der Waals surface area contributed by atoms with Gasteiger partial charge in [0.05, 0.1) is 11.6 Å². The van der Waals surface area contributed by atoms with Crippen molar-refractivity contribution in [3.63, 3.8) is 0 Å². The number of carboxylic acids is 1. The molecule has 1 aliphatic rings. The zero-order valence-electron chi connectivity index (χ0n) is 7.40. The molecule has 70 valence electrons. The molecule has 2 atom stereocenters. The first-order valence-corrected chi connectivity index (χ1v) is 3.94. The third kappa shape index (κ3) is 1.77. The van der Waals surface area contributed by atoms with Gasteiger partial charge in [-0.25, -0.2) is 0 Å². The first kappa shape index (κ1) is 9.51. The van der Waals surface area contributed by atoms with E-state index in [0.717, 1.165) is 0 Å². The summed E-state index contributed by atoms with van der Waals surface area (Å²) in [4.78, 5) is 14.4. The number of nitrogens with two attached hydrogens (primary N) is 1. The van der Waals surface area contributed by atoms with Crippen molar-refractivity contribution in [1.29, 1.82) is 0 Å². The Balaban J connectivity index is 3.01. The van der Waals surface area contributed by atoms with Gasteiger partial charge in [-0.1, -0.05) is 6.92 Å². The molecule has 0 spiro atoms. The Morgan fingerprint density at radius 1 is 1.77 bits per heavy atom. The third-order valence-electron chi connectivity index (χ3n) is 2.20. The summed E-state index contributed by atoms with van der Waals surface area (Å²) in [5.74, 6) is -1.65. The molecule has 0 bridgehead atoms. The first-order chi connectivity index (χ1) is 6.06. The Morgan fingerprint density at radius 2 is 2.38 bits per heavy atom. The summed E-state index contributed by atoms with van der Waals surface area (Å²) in [6.45, 7) is 5.11. The number of allylic oxidation sites excluding steroid dienone is 2. The molecular formula is C9H12N2O2. The van der Waals surface area contributed by atoms with E-state index in [1.54, 1.807) is 19.1 Å². The molecule has 4 heteroatoms. The summed E-state index contributed by atoms with van der Waals surface area (Å²) in [5, 5.41) is 8.85. The van der Waals surface area contributed by atoms with Crippen LogP contribution in [0.1, 0.15) is 6.92 Å². The number of rotatable bonds is 2. The smallest absolute Gasteiger partial charge is 0.311 e. The molecule has 0 saturated heterocycles.